The van der Waals surface area contributed by atoms with Crippen molar-refractivity contribution < 1.29 is 4.74 Å². The van der Waals surface area contributed by atoms with E-state index in [4.69, 9.17) is 14.8 Å². The highest BCUT2D eigenvalue weighted by Gasteiger charge is 2.29. The number of fused-ring (bicyclic) bond motifs is 6. The third-order valence-electron chi connectivity index (χ3n) is 12.4. The lowest BCUT2D eigenvalue weighted by Gasteiger charge is -2.24. The lowest BCUT2D eigenvalue weighted by atomic mass is 9.85. The van der Waals surface area contributed by atoms with Gasteiger partial charge in [0.15, 0.2) is 0 Å². The lowest BCUT2D eigenvalue weighted by molar-refractivity contribution is 0.482. The van der Waals surface area contributed by atoms with Crippen LogP contribution in [0.2, 0.25) is 0 Å². The van der Waals surface area contributed by atoms with Crippen molar-refractivity contribution in [3.05, 3.63) is 174 Å². The van der Waals surface area contributed by atoms with Gasteiger partial charge in [-0.2, -0.15) is 5.10 Å². The molecule has 4 heterocycles. The SMILES string of the molecule is Cc1nn(-c2cccc(Oc3ccc4c5ccccc5n(-c5cc(-n6c7c(C(C)(C)C)cccc7c7cccc(C(C)(C)C)c76)ccn5)c4c3)c2)c(C(C)(C)C)c1-c1ccccc1. The largest absolute Gasteiger partial charge is 0.457 e. The number of benzene rings is 6. The highest BCUT2D eigenvalue weighted by atomic mass is 16.5. The molecule has 0 atom stereocenters. The molecule has 0 saturated heterocycles. The first-order chi connectivity index (χ1) is 30.1. The molecular weight excluding hydrogens is 771 g/mol. The molecule has 4 aromatic heterocycles. The van der Waals surface area contributed by atoms with Crippen LogP contribution in [0.1, 0.15) is 84.8 Å². The highest BCUT2D eigenvalue weighted by Crippen LogP contribution is 2.43. The molecule has 6 nitrogen and oxygen atoms in total. The fraction of sp³-hybridized carbons (Fsp3) is 0.228. The van der Waals surface area contributed by atoms with E-state index in [-0.39, 0.29) is 16.2 Å². The van der Waals surface area contributed by atoms with Gasteiger partial charge in [-0.25, -0.2) is 9.67 Å². The standard InChI is InChI=1S/C57H55N5O/c1-36-51(37-19-12-11-13-20-37)54(57(8,9)10)62(59-36)39-21-16-22-40(33-39)63-41-29-30-43-42-23-14-15-28-48(42)61(49(43)35-41)50-34-38(31-32-58-50)60-52-44(24-17-26-46(52)55(2,3)4)45-25-18-27-47(53(45)60)56(5,6)7/h11-35H,1-10H3. The van der Waals surface area contributed by atoms with Gasteiger partial charge in [-0.05, 0) is 70.8 Å². The molecule has 6 aromatic carbocycles. The van der Waals surface area contributed by atoms with Crippen LogP contribution in [0.25, 0.3) is 71.9 Å². The van der Waals surface area contributed by atoms with E-state index >= 15 is 0 Å². The van der Waals surface area contributed by atoms with E-state index in [9.17, 15) is 0 Å². The number of pyridine rings is 1. The van der Waals surface area contributed by atoms with Crippen molar-refractivity contribution in [1.29, 1.82) is 0 Å². The Labute approximate surface area is 370 Å². The summed E-state index contributed by atoms with van der Waals surface area (Å²) in [5.74, 6) is 2.32. The fourth-order valence-electron chi connectivity index (χ4n) is 9.69. The molecule has 0 unspecified atom stereocenters. The first-order valence-corrected chi connectivity index (χ1v) is 22.1. The van der Waals surface area contributed by atoms with Crippen molar-refractivity contribution in [2.45, 2.75) is 85.5 Å². The third kappa shape index (κ3) is 6.80. The minimum Gasteiger partial charge on any atom is -0.457 e. The molecule has 0 amide bonds. The molecule has 10 rings (SSSR count). The van der Waals surface area contributed by atoms with Crippen LogP contribution >= 0.6 is 0 Å². The second-order valence-electron chi connectivity index (χ2n) is 20.1. The zero-order valence-electron chi connectivity index (χ0n) is 38.1. The average molecular weight is 826 g/mol. The normalized spacial score (nSPS) is 12.6. The van der Waals surface area contributed by atoms with Crippen LogP contribution in [0.3, 0.4) is 0 Å². The molecule has 0 fully saturated rings. The topological polar surface area (TPSA) is 49.8 Å². The van der Waals surface area contributed by atoms with E-state index in [0.717, 1.165) is 61.9 Å². The highest BCUT2D eigenvalue weighted by molar-refractivity contribution is 6.12. The maximum absolute atomic E-state index is 6.77. The first kappa shape index (κ1) is 40.2. The van der Waals surface area contributed by atoms with Crippen LogP contribution in [-0.4, -0.2) is 23.9 Å². The number of nitrogens with zero attached hydrogens (tertiary/aromatic N) is 5. The maximum atomic E-state index is 6.77. The molecule has 0 aliphatic carbocycles. The minimum absolute atomic E-state index is 0.0799. The molecule has 314 valence electrons. The van der Waals surface area contributed by atoms with Gasteiger partial charge >= 0.3 is 0 Å². The second kappa shape index (κ2) is 14.6. The van der Waals surface area contributed by atoms with Crippen molar-refractivity contribution in [2.24, 2.45) is 0 Å². The van der Waals surface area contributed by atoms with Gasteiger partial charge < -0.3 is 9.30 Å². The number of hydrogen-bond acceptors (Lipinski definition) is 3. The van der Waals surface area contributed by atoms with E-state index < -0.39 is 0 Å². The number of aromatic nitrogens is 5. The van der Waals surface area contributed by atoms with Crippen LogP contribution < -0.4 is 4.74 Å². The number of aryl methyl sites for hydroxylation is 1. The fourth-order valence-corrected chi connectivity index (χ4v) is 9.69. The minimum atomic E-state index is -0.168. The van der Waals surface area contributed by atoms with E-state index in [1.807, 2.05) is 18.3 Å². The Morgan fingerprint density at radius 3 is 1.75 bits per heavy atom. The van der Waals surface area contributed by atoms with Gasteiger partial charge in [-0.1, -0.05) is 153 Å². The zero-order chi connectivity index (χ0) is 44.0. The van der Waals surface area contributed by atoms with Crippen LogP contribution in [0, 0.1) is 6.92 Å². The van der Waals surface area contributed by atoms with Crippen molar-refractivity contribution in [3.63, 3.8) is 0 Å². The second-order valence-corrected chi connectivity index (χ2v) is 20.1. The number of ether oxygens (including phenoxy) is 1. The molecule has 10 aromatic rings. The Balaban J connectivity index is 1.12. The number of hydrogen-bond donors (Lipinski definition) is 0. The molecule has 0 aliphatic heterocycles. The van der Waals surface area contributed by atoms with Gasteiger partial charge in [0, 0.05) is 56.9 Å². The summed E-state index contributed by atoms with van der Waals surface area (Å²) in [6, 6.07) is 51.8. The van der Waals surface area contributed by atoms with Crippen LogP contribution in [-0.2, 0) is 16.2 Å². The van der Waals surface area contributed by atoms with Gasteiger partial charge in [0.05, 0.1) is 44.8 Å². The Morgan fingerprint density at radius 1 is 0.476 bits per heavy atom. The summed E-state index contributed by atoms with van der Waals surface area (Å²) in [7, 11) is 0. The van der Waals surface area contributed by atoms with Gasteiger partial charge in [0.1, 0.15) is 17.3 Å². The molecule has 0 aliphatic rings. The van der Waals surface area contributed by atoms with Crippen molar-refractivity contribution in [2.75, 3.05) is 0 Å². The predicted octanol–water partition coefficient (Wildman–Crippen LogP) is 15.1. The van der Waals surface area contributed by atoms with E-state index in [1.165, 1.54) is 44.1 Å². The molecule has 63 heavy (non-hydrogen) atoms. The van der Waals surface area contributed by atoms with Gasteiger partial charge in [0.2, 0.25) is 0 Å². The maximum Gasteiger partial charge on any atom is 0.139 e. The molecule has 6 heteroatoms. The first-order valence-electron chi connectivity index (χ1n) is 22.1. The smallest absolute Gasteiger partial charge is 0.139 e. The van der Waals surface area contributed by atoms with Crippen LogP contribution in [0.15, 0.2) is 152 Å². The summed E-state index contributed by atoms with van der Waals surface area (Å²) in [6.45, 7) is 22.7. The van der Waals surface area contributed by atoms with E-state index in [2.05, 4.69) is 217 Å². The molecule has 0 N–H and O–H groups in total. The van der Waals surface area contributed by atoms with Gasteiger partial charge in [-0.3, -0.25) is 4.57 Å². The molecule has 0 spiro atoms. The average Bonchev–Trinajstić information content (AvgIpc) is 3.90. The van der Waals surface area contributed by atoms with Crippen molar-refractivity contribution in [3.8, 4) is 39.8 Å². The Hall–Kier alpha value is -6.92. The van der Waals surface area contributed by atoms with Crippen LogP contribution in [0.5, 0.6) is 11.5 Å². The summed E-state index contributed by atoms with van der Waals surface area (Å²) in [5.41, 5.74) is 13.4. The van der Waals surface area contributed by atoms with Crippen molar-refractivity contribution in [1.82, 2.24) is 23.9 Å². The molecule has 0 radical (unpaired) electrons. The summed E-state index contributed by atoms with van der Waals surface area (Å²) in [4.78, 5) is 5.11. The monoisotopic (exact) mass is 825 g/mol. The number of rotatable bonds is 6. The summed E-state index contributed by atoms with van der Waals surface area (Å²) < 4.78 is 13.7. The molecular formula is C57H55N5O. The van der Waals surface area contributed by atoms with Crippen LogP contribution in [0.4, 0.5) is 0 Å². The Morgan fingerprint density at radius 2 is 1.08 bits per heavy atom. The summed E-state index contributed by atoms with van der Waals surface area (Å²) >= 11 is 0. The van der Waals surface area contributed by atoms with E-state index in [0.29, 0.717) is 0 Å². The summed E-state index contributed by atoms with van der Waals surface area (Å²) in [5, 5.41) is 9.94. The van der Waals surface area contributed by atoms with E-state index in [1.54, 1.807) is 0 Å². The summed E-state index contributed by atoms with van der Waals surface area (Å²) in [6.07, 6.45) is 1.96. The Bertz CT molecular complexity index is 3310. The van der Waals surface area contributed by atoms with Gasteiger partial charge in [-0.15, -0.1) is 0 Å². The molecule has 0 saturated carbocycles. The lowest BCUT2D eigenvalue weighted by Crippen LogP contribution is -2.18. The quantitative estimate of drug-likeness (QED) is 0.168. The third-order valence-corrected chi connectivity index (χ3v) is 12.4. The molecule has 0 bridgehead atoms. The van der Waals surface area contributed by atoms with Gasteiger partial charge in [0.25, 0.3) is 0 Å². The van der Waals surface area contributed by atoms with Crippen molar-refractivity contribution >= 4 is 43.6 Å². The number of para-hydroxylation sites is 3. The zero-order valence-corrected chi connectivity index (χ0v) is 38.1. The Kier molecular flexibility index (Phi) is 9.30. The predicted molar refractivity (Wildman–Crippen MR) is 263 cm³/mol.